The molecule has 1 aliphatic heterocycles. The topological polar surface area (TPSA) is 47.9 Å². The number of benzene rings is 1. The fraction of sp³-hybridized carbons (Fsp3) is 0.750. The molecule has 28 heavy (non-hydrogen) atoms. The van der Waals surface area contributed by atoms with Crippen molar-refractivity contribution in [1.29, 1.82) is 0 Å². The van der Waals surface area contributed by atoms with Gasteiger partial charge >= 0.3 is 0 Å². The number of rotatable bonds is 3. The van der Waals surface area contributed by atoms with Gasteiger partial charge in [0.1, 0.15) is 5.75 Å². The van der Waals surface area contributed by atoms with Gasteiger partial charge in [-0.05, 0) is 97.7 Å². The van der Waals surface area contributed by atoms with Crippen LogP contribution in [0.15, 0.2) is 18.2 Å². The smallest absolute Gasteiger partial charge is 0.157 e. The van der Waals surface area contributed by atoms with E-state index in [-0.39, 0.29) is 29.6 Å². The van der Waals surface area contributed by atoms with Crippen molar-refractivity contribution < 1.29 is 23.4 Å². The quantitative estimate of drug-likeness (QED) is 0.794. The van der Waals surface area contributed by atoms with Crippen LogP contribution in [0.1, 0.15) is 85.5 Å². The minimum absolute atomic E-state index is 0.00992. The van der Waals surface area contributed by atoms with Gasteiger partial charge in [-0.15, -0.1) is 0 Å². The van der Waals surface area contributed by atoms with Gasteiger partial charge in [0, 0.05) is 9.35 Å². The van der Waals surface area contributed by atoms with Crippen LogP contribution in [0.25, 0.3) is 0 Å². The predicted molar refractivity (Wildman–Crippen MR) is 107 cm³/mol. The molecule has 0 spiro atoms. The summed E-state index contributed by atoms with van der Waals surface area (Å²) in [5.41, 5.74) is 1.08. The van der Waals surface area contributed by atoms with E-state index in [0.29, 0.717) is 11.3 Å². The summed E-state index contributed by atoms with van der Waals surface area (Å²) < 4.78 is 44.3. The van der Waals surface area contributed by atoms with Crippen LogP contribution in [0.3, 0.4) is 0 Å². The maximum Gasteiger partial charge on any atom is 0.157 e. The Labute approximate surface area is 172 Å². The lowest BCUT2D eigenvalue weighted by Gasteiger charge is -2.51. The van der Waals surface area contributed by atoms with Crippen LogP contribution < -0.4 is 4.74 Å². The third kappa shape index (κ3) is 3.00. The highest BCUT2D eigenvalue weighted by Crippen LogP contribution is 2.63. The monoisotopic (exact) mass is 389 g/mol. The SMILES string of the molecule is [2H]C1(O)c2cc(OC)ccc2[C@@H]2CC[C@]3(C)[C@H](CC[C@H]3OC3CCCCO3)[C@H]2C1([2H])[2H]. The average molecular weight is 390 g/mol. The Morgan fingerprint density at radius 2 is 2.11 bits per heavy atom. The van der Waals surface area contributed by atoms with Crippen molar-refractivity contribution in [3.63, 3.8) is 0 Å². The van der Waals surface area contributed by atoms with Crippen LogP contribution in [-0.2, 0) is 9.47 Å². The van der Waals surface area contributed by atoms with Crippen LogP contribution in [0.5, 0.6) is 5.75 Å². The van der Waals surface area contributed by atoms with E-state index in [2.05, 4.69) is 6.92 Å². The van der Waals surface area contributed by atoms with Crippen LogP contribution in [0.4, 0.5) is 0 Å². The lowest BCUT2D eigenvalue weighted by Crippen LogP contribution is -2.46. The van der Waals surface area contributed by atoms with Gasteiger partial charge in [0.05, 0.1) is 20.7 Å². The molecule has 1 N–H and O–H groups in total. The molecule has 1 aromatic rings. The molecule has 154 valence electrons. The average Bonchev–Trinajstić information content (AvgIpc) is 3.08. The zero-order chi connectivity index (χ0) is 22.0. The van der Waals surface area contributed by atoms with Gasteiger partial charge in [0.2, 0.25) is 0 Å². The number of hydrogen-bond donors (Lipinski definition) is 1. The molecule has 3 fully saturated rings. The third-order valence-electron chi connectivity index (χ3n) is 7.86. The van der Waals surface area contributed by atoms with Crippen molar-refractivity contribution in [3.8, 4) is 5.75 Å². The number of ether oxygens (including phenoxy) is 3. The summed E-state index contributed by atoms with van der Waals surface area (Å²) in [5.74, 6) is 0.169. The van der Waals surface area contributed by atoms with Gasteiger partial charge in [0.15, 0.2) is 6.29 Å². The van der Waals surface area contributed by atoms with E-state index in [1.54, 1.807) is 13.2 Å². The van der Waals surface area contributed by atoms with Gasteiger partial charge in [-0.25, -0.2) is 0 Å². The second-order valence-corrected chi connectivity index (χ2v) is 9.23. The molecule has 4 nitrogen and oxygen atoms in total. The molecule has 1 aromatic carbocycles. The Morgan fingerprint density at radius 3 is 2.89 bits per heavy atom. The summed E-state index contributed by atoms with van der Waals surface area (Å²) in [6.45, 7) is 2.98. The molecule has 1 saturated heterocycles. The number of hydrogen-bond acceptors (Lipinski definition) is 4. The maximum absolute atomic E-state index is 11.2. The molecule has 4 heteroatoms. The summed E-state index contributed by atoms with van der Waals surface area (Å²) in [6.07, 6.45) is 2.14. The first-order valence-electron chi connectivity index (χ1n) is 12.4. The molecular formula is C24H34O4. The van der Waals surface area contributed by atoms with Crippen molar-refractivity contribution >= 4 is 0 Å². The van der Waals surface area contributed by atoms with Gasteiger partial charge in [0.25, 0.3) is 0 Å². The summed E-state index contributed by atoms with van der Waals surface area (Å²) >= 11 is 0. The molecule has 0 amide bonds. The van der Waals surface area contributed by atoms with E-state index in [9.17, 15) is 5.11 Å². The first-order chi connectivity index (χ1) is 14.7. The van der Waals surface area contributed by atoms with Crippen molar-refractivity contribution in [2.24, 2.45) is 17.3 Å². The van der Waals surface area contributed by atoms with Crippen LogP contribution in [0, 0.1) is 17.3 Å². The largest absolute Gasteiger partial charge is 0.497 e. The summed E-state index contributed by atoms with van der Waals surface area (Å²) in [5, 5.41) is 11.2. The number of aliphatic hydroxyl groups is 1. The Morgan fingerprint density at radius 1 is 1.21 bits per heavy atom. The molecule has 2 unspecified atom stereocenters. The molecule has 1 heterocycles. The van der Waals surface area contributed by atoms with E-state index in [4.69, 9.17) is 18.3 Å². The van der Waals surface area contributed by atoms with Crippen molar-refractivity contribution in [3.05, 3.63) is 29.3 Å². The Kier molecular flexibility index (Phi) is 4.09. The molecule has 5 rings (SSSR count). The third-order valence-corrected chi connectivity index (χ3v) is 7.86. The van der Waals surface area contributed by atoms with E-state index in [1.165, 1.54) is 0 Å². The molecule has 7 atom stereocenters. The van der Waals surface area contributed by atoms with Crippen LogP contribution in [0.2, 0.25) is 0 Å². The zero-order valence-corrected chi connectivity index (χ0v) is 16.9. The summed E-state index contributed by atoms with van der Waals surface area (Å²) in [7, 11) is 1.55. The van der Waals surface area contributed by atoms with Gasteiger partial charge < -0.3 is 19.3 Å². The molecule has 2 saturated carbocycles. The standard InChI is InChI=1S/C24H34O4/c1-24-11-10-17-16-7-6-15(26-2)13-19(16)21(25)14-18(17)20(24)8-9-22(24)28-23-5-3-4-12-27-23/h6-7,13,17-18,20-23,25H,3-5,8-12,14H2,1-2H3/t17-,18-,20+,21?,22+,23?,24+/m0/s1/i14D2,21D. The van der Waals surface area contributed by atoms with Gasteiger partial charge in [-0.2, -0.15) is 0 Å². The van der Waals surface area contributed by atoms with Crippen LogP contribution in [-0.4, -0.2) is 31.2 Å². The van der Waals surface area contributed by atoms with Crippen molar-refractivity contribution in [2.45, 2.75) is 82.6 Å². The van der Waals surface area contributed by atoms with Crippen molar-refractivity contribution in [1.82, 2.24) is 0 Å². The number of methoxy groups -OCH3 is 1. The second-order valence-electron chi connectivity index (χ2n) is 9.23. The Bertz CT molecular complexity index is 838. The fourth-order valence-corrected chi connectivity index (χ4v) is 6.29. The summed E-state index contributed by atoms with van der Waals surface area (Å²) in [4.78, 5) is 0. The Hall–Kier alpha value is -1.10. The predicted octanol–water partition coefficient (Wildman–Crippen LogP) is 4.95. The highest BCUT2D eigenvalue weighted by atomic mass is 16.7. The summed E-state index contributed by atoms with van der Waals surface area (Å²) in [6, 6.07) is 5.44. The lowest BCUT2D eigenvalue weighted by atomic mass is 9.55. The minimum atomic E-state index is -2.32. The molecule has 4 aliphatic rings. The fourth-order valence-electron chi connectivity index (χ4n) is 6.29. The molecular weight excluding hydrogens is 352 g/mol. The minimum Gasteiger partial charge on any atom is -0.497 e. The Balaban J connectivity index is 1.50. The molecule has 3 aliphatic carbocycles. The first-order valence-corrected chi connectivity index (χ1v) is 10.9. The van der Waals surface area contributed by atoms with E-state index in [0.717, 1.165) is 57.1 Å². The first kappa shape index (κ1) is 15.7. The maximum atomic E-state index is 11.2. The number of fused-ring (bicyclic) bond motifs is 5. The molecule has 0 bridgehead atoms. The van der Waals surface area contributed by atoms with E-state index < -0.39 is 18.4 Å². The van der Waals surface area contributed by atoms with E-state index >= 15 is 0 Å². The molecule has 0 aromatic heterocycles. The normalized spacial score (nSPS) is 48.4. The highest BCUT2D eigenvalue weighted by molar-refractivity contribution is 5.42. The second kappa shape index (κ2) is 7.30. The van der Waals surface area contributed by atoms with Gasteiger partial charge in [-0.1, -0.05) is 13.0 Å². The lowest BCUT2D eigenvalue weighted by molar-refractivity contribution is -0.213. The zero-order valence-electron chi connectivity index (χ0n) is 19.9. The van der Waals surface area contributed by atoms with Gasteiger partial charge in [-0.3, -0.25) is 0 Å². The van der Waals surface area contributed by atoms with E-state index in [1.807, 2.05) is 12.1 Å². The van der Waals surface area contributed by atoms with Crippen LogP contribution >= 0.6 is 0 Å². The van der Waals surface area contributed by atoms with Crippen molar-refractivity contribution in [2.75, 3.05) is 13.7 Å². The molecule has 0 radical (unpaired) electrons. The highest BCUT2D eigenvalue weighted by Gasteiger charge is 2.56.